The Morgan fingerprint density at radius 2 is 0.782 bits per heavy atom. The standard InChI is InChI=1S/C68H129N2O7P/c1-7-10-13-16-19-22-25-28-30-32-33-34-35-36-37-38-40-43-46-49-52-55-58-61-68(72)77-66(59-56-53-50-47-44-41-27-24-21-18-15-12-9-3)65(64-76-78(73,74)75-63-62-70(4,5)6)69-67(71)60-57-54-51-48-45-42-39-31-29-26-23-20-17-14-11-8-2/h19,22,28,30-31,39,56,59,65-66H,7-18,20-21,23-27,29,32-38,40-55,57-58,60-64H2,1-6H3,(H-,69,71,73,74)/b22-19-,30-28-,39-31+,59-56-. The molecule has 3 unspecified atom stereocenters. The van der Waals surface area contributed by atoms with Crippen molar-refractivity contribution < 1.29 is 37.3 Å². The number of likely N-dealkylation sites (N-methyl/N-ethyl adjacent to an activating group) is 1. The zero-order chi connectivity index (χ0) is 57.2. The fourth-order valence-corrected chi connectivity index (χ4v) is 10.5. The van der Waals surface area contributed by atoms with Gasteiger partial charge in [-0.1, -0.05) is 269 Å². The molecule has 0 saturated carbocycles. The number of nitrogens with zero attached hydrogens (tertiary/aromatic N) is 1. The highest BCUT2D eigenvalue weighted by atomic mass is 31.2. The molecule has 1 amide bonds. The smallest absolute Gasteiger partial charge is 0.306 e. The number of hydrogen-bond acceptors (Lipinski definition) is 7. The molecular formula is C68H129N2O7P. The molecule has 0 aromatic rings. The van der Waals surface area contributed by atoms with Crippen LogP contribution in [0.1, 0.15) is 323 Å². The summed E-state index contributed by atoms with van der Waals surface area (Å²) in [4.78, 5) is 40.1. The van der Waals surface area contributed by atoms with Crippen LogP contribution in [-0.4, -0.2) is 69.4 Å². The normalized spacial score (nSPS) is 13.9. The maximum absolute atomic E-state index is 13.5. The van der Waals surface area contributed by atoms with Crippen LogP contribution in [0.5, 0.6) is 0 Å². The lowest BCUT2D eigenvalue weighted by Gasteiger charge is -2.30. The van der Waals surface area contributed by atoms with Crippen LogP contribution in [0.15, 0.2) is 48.6 Å². The largest absolute Gasteiger partial charge is 0.756 e. The lowest BCUT2D eigenvalue weighted by Crippen LogP contribution is -2.47. The van der Waals surface area contributed by atoms with Crippen LogP contribution in [0.4, 0.5) is 0 Å². The van der Waals surface area contributed by atoms with Crippen LogP contribution >= 0.6 is 7.82 Å². The molecule has 9 nitrogen and oxygen atoms in total. The summed E-state index contributed by atoms with van der Waals surface area (Å²) >= 11 is 0. The molecule has 0 fully saturated rings. The van der Waals surface area contributed by atoms with Gasteiger partial charge in [0, 0.05) is 12.8 Å². The van der Waals surface area contributed by atoms with Gasteiger partial charge in [-0.05, 0) is 89.5 Å². The van der Waals surface area contributed by atoms with Crippen molar-refractivity contribution in [3.05, 3.63) is 48.6 Å². The van der Waals surface area contributed by atoms with Gasteiger partial charge in [0.25, 0.3) is 7.82 Å². The Labute approximate surface area is 484 Å². The molecule has 0 aromatic carbocycles. The second-order valence-corrected chi connectivity index (χ2v) is 25.4. The summed E-state index contributed by atoms with van der Waals surface area (Å²) in [5.74, 6) is -0.539. The Morgan fingerprint density at radius 1 is 0.449 bits per heavy atom. The van der Waals surface area contributed by atoms with E-state index >= 15 is 0 Å². The number of carbonyl (C=O) groups excluding carboxylic acids is 2. The number of rotatable bonds is 61. The number of phosphoric acid groups is 1. The van der Waals surface area contributed by atoms with Crippen LogP contribution in [0.25, 0.3) is 0 Å². The Balaban J connectivity index is 5.16. The molecule has 78 heavy (non-hydrogen) atoms. The van der Waals surface area contributed by atoms with Crippen LogP contribution in [0, 0.1) is 0 Å². The van der Waals surface area contributed by atoms with Gasteiger partial charge in [-0.15, -0.1) is 0 Å². The van der Waals surface area contributed by atoms with Gasteiger partial charge >= 0.3 is 5.97 Å². The highest BCUT2D eigenvalue weighted by molar-refractivity contribution is 7.45. The van der Waals surface area contributed by atoms with Crippen molar-refractivity contribution in [2.24, 2.45) is 0 Å². The molecule has 458 valence electrons. The highest BCUT2D eigenvalue weighted by Crippen LogP contribution is 2.38. The van der Waals surface area contributed by atoms with Crippen molar-refractivity contribution in [2.75, 3.05) is 40.9 Å². The van der Waals surface area contributed by atoms with E-state index < -0.39 is 20.0 Å². The summed E-state index contributed by atoms with van der Waals surface area (Å²) in [6, 6.07) is -0.892. The number of carbonyl (C=O) groups is 2. The number of quaternary nitrogens is 1. The van der Waals surface area contributed by atoms with Crippen LogP contribution in [-0.2, 0) is 27.9 Å². The molecule has 0 heterocycles. The average Bonchev–Trinajstić information content (AvgIpc) is 3.40. The van der Waals surface area contributed by atoms with E-state index in [1.54, 1.807) is 0 Å². The van der Waals surface area contributed by atoms with Crippen molar-refractivity contribution in [1.82, 2.24) is 5.32 Å². The number of nitrogens with one attached hydrogen (secondary N) is 1. The van der Waals surface area contributed by atoms with E-state index in [2.05, 4.69) is 62.5 Å². The molecule has 1 N–H and O–H groups in total. The van der Waals surface area contributed by atoms with E-state index in [0.29, 0.717) is 17.4 Å². The van der Waals surface area contributed by atoms with E-state index in [-0.39, 0.29) is 31.5 Å². The maximum Gasteiger partial charge on any atom is 0.306 e. The van der Waals surface area contributed by atoms with Crippen molar-refractivity contribution in [3.63, 3.8) is 0 Å². The number of phosphoric ester groups is 1. The summed E-state index contributed by atoms with van der Waals surface area (Å²) in [7, 11) is 1.19. The van der Waals surface area contributed by atoms with Crippen molar-refractivity contribution >= 4 is 19.7 Å². The predicted molar refractivity (Wildman–Crippen MR) is 335 cm³/mol. The number of amides is 1. The Morgan fingerprint density at radius 3 is 1.19 bits per heavy atom. The van der Waals surface area contributed by atoms with Crippen molar-refractivity contribution in [1.29, 1.82) is 0 Å². The monoisotopic (exact) mass is 1120 g/mol. The summed E-state index contributed by atoms with van der Waals surface area (Å²) < 4.78 is 30.4. The highest BCUT2D eigenvalue weighted by Gasteiger charge is 2.27. The summed E-state index contributed by atoms with van der Waals surface area (Å²) in [5, 5.41) is 3.03. The van der Waals surface area contributed by atoms with Gasteiger partial charge in [0.05, 0.1) is 33.8 Å². The van der Waals surface area contributed by atoms with Gasteiger partial charge in [0.1, 0.15) is 19.3 Å². The van der Waals surface area contributed by atoms with E-state index in [1.807, 2.05) is 33.3 Å². The number of allylic oxidation sites excluding steroid dienone is 7. The van der Waals surface area contributed by atoms with E-state index in [0.717, 1.165) is 83.5 Å². The first-order chi connectivity index (χ1) is 37.9. The van der Waals surface area contributed by atoms with Gasteiger partial charge in [0.2, 0.25) is 5.91 Å². The van der Waals surface area contributed by atoms with E-state index in [1.165, 1.54) is 205 Å². The minimum atomic E-state index is -4.70. The maximum atomic E-state index is 13.5. The first-order valence-corrected chi connectivity index (χ1v) is 34.9. The molecule has 0 radical (unpaired) electrons. The number of ether oxygens (including phenoxy) is 1. The Kier molecular flexibility index (Phi) is 56.7. The summed E-state index contributed by atoms with van der Waals surface area (Å²) in [6.07, 6.45) is 72.2. The minimum Gasteiger partial charge on any atom is -0.756 e. The number of unbranched alkanes of at least 4 members (excludes halogenated alkanes) is 39. The Hall–Kier alpha value is -2.03. The zero-order valence-electron chi connectivity index (χ0n) is 52.4. The number of hydrogen-bond donors (Lipinski definition) is 1. The molecule has 0 aromatic heterocycles. The average molecular weight is 1120 g/mol. The van der Waals surface area contributed by atoms with Crippen molar-refractivity contribution in [3.8, 4) is 0 Å². The quantitative estimate of drug-likeness (QED) is 0.0212. The van der Waals surface area contributed by atoms with Gasteiger partial charge < -0.3 is 28.5 Å². The van der Waals surface area contributed by atoms with Gasteiger partial charge in [0.15, 0.2) is 0 Å². The molecule has 10 heteroatoms. The second kappa shape index (κ2) is 58.2. The SMILES string of the molecule is CCCCC/C=C\C/C=C\CCCCCCCCCCCCCCCC(=O)OC(/C=C\CCCCCCCCCCCCC)C(COP(=O)([O-])OCC[N+](C)(C)C)NC(=O)CCCCCCC/C=C/CCCCCCCCC. The van der Waals surface area contributed by atoms with Crippen LogP contribution < -0.4 is 10.2 Å². The van der Waals surface area contributed by atoms with Gasteiger partial charge in [-0.3, -0.25) is 14.2 Å². The third kappa shape index (κ3) is 58.6. The van der Waals surface area contributed by atoms with E-state index in [4.69, 9.17) is 13.8 Å². The fraction of sp³-hybridized carbons (Fsp3) is 0.853. The molecule has 0 aliphatic rings. The molecular weight excluding hydrogens is 988 g/mol. The summed E-state index contributed by atoms with van der Waals surface area (Å²) in [6.45, 7) is 6.85. The zero-order valence-corrected chi connectivity index (χ0v) is 53.3. The second-order valence-electron chi connectivity index (χ2n) is 24.0. The van der Waals surface area contributed by atoms with Gasteiger partial charge in [-0.2, -0.15) is 0 Å². The third-order valence-electron chi connectivity index (χ3n) is 15.0. The minimum absolute atomic E-state index is 0.0229. The predicted octanol–water partition coefficient (Wildman–Crippen LogP) is 20.2. The number of esters is 1. The van der Waals surface area contributed by atoms with Gasteiger partial charge in [-0.25, -0.2) is 0 Å². The molecule has 0 rings (SSSR count). The lowest BCUT2D eigenvalue weighted by atomic mass is 10.0. The van der Waals surface area contributed by atoms with E-state index in [9.17, 15) is 19.0 Å². The molecule has 0 aliphatic carbocycles. The lowest BCUT2D eigenvalue weighted by molar-refractivity contribution is -0.870. The van der Waals surface area contributed by atoms with Crippen LogP contribution in [0.2, 0.25) is 0 Å². The first-order valence-electron chi connectivity index (χ1n) is 33.4. The van der Waals surface area contributed by atoms with Crippen LogP contribution in [0.3, 0.4) is 0 Å². The van der Waals surface area contributed by atoms with Crippen molar-refractivity contribution in [2.45, 2.75) is 335 Å². The molecule has 0 bridgehead atoms. The summed E-state index contributed by atoms with van der Waals surface area (Å²) in [5.41, 5.74) is 0. The molecule has 0 spiro atoms. The molecule has 0 aliphatic heterocycles. The molecule has 3 atom stereocenters. The third-order valence-corrected chi connectivity index (χ3v) is 15.9. The molecule has 0 saturated heterocycles. The first kappa shape index (κ1) is 76.0. The topological polar surface area (TPSA) is 114 Å². The Bertz CT molecular complexity index is 1470. The fourth-order valence-electron chi connectivity index (χ4n) is 9.78.